The zero-order valence-electron chi connectivity index (χ0n) is 15.1. The van der Waals surface area contributed by atoms with Crippen molar-refractivity contribution in [3.63, 3.8) is 0 Å². The second-order valence-electron chi connectivity index (χ2n) is 6.58. The average Bonchev–Trinajstić information content (AvgIpc) is 2.99. The molecule has 0 fully saturated rings. The summed E-state index contributed by atoms with van der Waals surface area (Å²) in [4.78, 5) is 23.5. The molecule has 1 aliphatic rings. The molecule has 2 aromatic carbocycles. The molecule has 0 aromatic heterocycles. The molecule has 2 aromatic rings. The van der Waals surface area contributed by atoms with Gasteiger partial charge in [0.1, 0.15) is 12.6 Å². The Balaban J connectivity index is 1.65. The van der Waals surface area contributed by atoms with Crippen LogP contribution in [0.3, 0.4) is 0 Å². The number of fused-ring (bicyclic) bond motifs is 3. The number of unbranched alkanes of at least 4 members (excludes halogenated alkanes) is 1. The van der Waals surface area contributed by atoms with Gasteiger partial charge in [-0.1, -0.05) is 54.6 Å². The van der Waals surface area contributed by atoms with E-state index in [0.29, 0.717) is 19.3 Å². The van der Waals surface area contributed by atoms with E-state index in [4.69, 9.17) is 4.74 Å². The van der Waals surface area contributed by atoms with E-state index in [1.165, 1.54) is 0 Å². The number of hydrogen-bond acceptors (Lipinski definition) is 3. The molecule has 5 nitrogen and oxygen atoms in total. The minimum Gasteiger partial charge on any atom is -0.480 e. The highest BCUT2D eigenvalue weighted by molar-refractivity contribution is 5.81. The van der Waals surface area contributed by atoms with Gasteiger partial charge in [-0.15, -0.1) is 6.58 Å². The molecule has 0 saturated heterocycles. The van der Waals surface area contributed by atoms with Crippen LogP contribution in [0, 0.1) is 0 Å². The summed E-state index contributed by atoms with van der Waals surface area (Å²) < 4.78 is 5.39. The molecule has 1 amide bonds. The van der Waals surface area contributed by atoms with Crippen molar-refractivity contribution in [2.24, 2.45) is 0 Å². The number of carboxylic acid groups (broad SMARTS) is 1. The molecule has 0 heterocycles. The smallest absolute Gasteiger partial charge is 0.407 e. The van der Waals surface area contributed by atoms with E-state index in [2.05, 4.69) is 24.0 Å². The SMILES string of the molecule is C=CCCCC(NC(=O)OCC1c2ccccc2-c2ccccc21)C(=O)O. The maximum atomic E-state index is 12.2. The van der Waals surface area contributed by atoms with Gasteiger partial charge in [0.2, 0.25) is 0 Å². The molecule has 140 valence electrons. The Bertz CT molecular complexity index is 800. The third-order valence-corrected chi connectivity index (χ3v) is 4.83. The van der Waals surface area contributed by atoms with Gasteiger partial charge in [-0.2, -0.15) is 0 Å². The Morgan fingerprint density at radius 3 is 2.26 bits per heavy atom. The highest BCUT2D eigenvalue weighted by atomic mass is 16.5. The highest BCUT2D eigenvalue weighted by Gasteiger charge is 2.29. The van der Waals surface area contributed by atoms with Gasteiger partial charge in [0, 0.05) is 5.92 Å². The Hall–Kier alpha value is -3.08. The number of allylic oxidation sites excluding steroid dienone is 1. The van der Waals surface area contributed by atoms with Gasteiger partial charge < -0.3 is 15.2 Å². The van der Waals surface area contributed by atoms with Crippen molar-refractivity contribution in [2.45, 2.75) is 31.2 Å². The molecule has 1 atom stereocenters. The maximum Gasteiger partial charge on any atom is 0.407 e. The number of ether oxygens (including phenoxy) is 1. The lowest BCUT2D eigenvalue weighted by Crippen LogP contribution is -2.41. The van der Waals surface area contributed by atoms with Gasteiger partial charge in [-0.05, 0) is 41.5 Å². The summed E-state index contributed by atoms with van der Waals surface area (Å²) in [7, 11) is 0. The molecule has 0 aliphatic heterocycles. The monoisotopic (exact) mass is 365 g/mol. The van der Waals surface area contributed by atoms with Crippen LogP contribution in [-0.2, 0) is 9.53 Å². The quantitative estimate of drug-likeness (QED) is 0.539. The van der Waals surface area contributed by atoms with Gasteiger partial charge in [0.05, 0.1) is 0 Å². The Morgan fingerprint density at radius 1 is 1.11 bits per heavy atom. The Kier molecular flexibility index (Phi) is 5.91. The summed E-state index contributed by atoms with van der Waals surface area (Å²) in [6, 6.07) is 15.2. The van der Waals surface area contributed by atoms with E-state index in [1.54, 1.807) is 6.08 Å². The van der Waals surface area contributed by atoms with E-state index < -0.39 is 18.1 Å². The molecule has 1 unspecified atom stereocenters. The van der Waals surface area contributed by atoms with Gasteiger partial charge in [-0.25, -0.2) is 9.59 Å². The normalized spacial score (nSPS) is 13.3. The predicted molar refractivity (Wildman–Crippen MR) is 104 cm³/mol. The van der Waals surface area contributed by atoms with Crippen LogP contribution >= 0.6 is 0 Å². The molecule has 0 bridgehead atoms. The first-order valence-corrected chi connectivity index (χ1v) is 9.07. The fraction of sp³-hybridized carbons (Fsp3) is 0.273. The third-order valence-electron chi connectivity index (χ3n) is 4.83. The van der Waals surface area contributed by atoms with E-state index in [-0.39, 0.29) is 12.5 Å². The first kappa shape index (κ1) is 18.7. The minimum absolute atomic E-state index is 0.0489. The molecule has 5 heteroatoms. The van der Waals surface area contributed by atoms with Crippen molar-refractivity contribution in [2.75, 3.05) is 6.61 Å². The molecule has 2 N–H and O–H groups in total. The number of rotatable bonds is 8. The van der Waals surface area contributed by atoms with Gasteiger partial charge >= 0.3 is 12.1 Å². The average molecular weight is 365 g/mol. The molecular formula is C22H23NO4. The number of amides is 1. The van der Waals surface area contributed by atoms with Crippen LogP contribution in [-0.4, -0.2) is 29.8 Å². The summed E-state index contributed by atoms with van der Waals surface area (Å²) in [5, 5.41) is 11.7. The second-order valence-corrected chi connectivity index (χ2v) is 6.58. The summed E-state index contributed by atoms with van der Waals surface area (Å²) in [6.07, 6.45) is 2.71. The molecule has 1 aliphatic carbocycles. The lowest BCUT2D eigenvalue weighted by molar-refractivity contribution is -0.139. The van der Waals surface area contributed by atoms with Gasteiger partial charge in [-0.3, -0.25) is 0 Å². The Labute approximate surface area is 158 Å². The fourth-order valence-corrected chi connectivity index (χ4v) is 3.51. The topological polar surface area (TPSA) is 75.6 Å². The maximum absolute atomic E-state index is 12.2. The number of aliphatic carboxylic acids is 1. The summed E-state index contributed by atoms with van der Waals surface area (Å²) in [6.45, 7) is 3.78. The first-order valence-electron chi connectivity index (χ1n) is 9.07. The van der Waals surface area contributed by atoms with Crippen LogP contribution in [0.2, 0.25) is 0 Å². The number of carboxylic acids is 1. The fourth-order valence-electron chi connectivity index (χ4n) is 3.51. The molecule has 0 saturated carbocycles. The van der Waals surface area contributed by atoms with Crippen molar-refractivity contribution in [3.05, 3.63) is 72.3 Å². The molecule has 3 rings (SSSR count). The first-order chi connectivity index (χ1) is 13.1. The summed E-state index contributed by atoms with van der Waals surface area (Å²) >= 11 is 0. The number of hydrogen-bond donors (Lipinski definition) is 2. The van der Waals surface area contributed by atoms with E-state index in [1.807, 2.05) is 36.4 Å². The number of nitrogens with one attached hydrogen (secondary N) is 1. The number of carbonyl (C=O) groups excluding carboxylic acids is 1. The lowest BCUT2D eigenvalue weighted by Gasteiger charge is -2.17. The van der Waals surface area contributed by atoms with Crippen LogP contribution in [0.25, 0.3) is 11.1 Å². The van der Waals surface area contributed by atoms with Crippen LogP contribution in [0.4, 0.5) is 4.79 Å². The largest absolute Gasteiger partial charge is 0.480 e. The Morgan fingerprint density at radius 2 is 1.70 bits per heavy atom. The summed E-state index contributed by atoms with van der Waals surface area (Å²) in [5.41, 5.74) is 4.53. The second kappa shape index (κ2) is 8.54. The lowest BCUT2D eigenvalue weighted by atomic mass is 9.98. The van der Waals surface area contributed by atoms with E-state index >= 15 is 0 Å². The van der Waals surface area contributed by atoms with Crippen LogP contribution in [0.15, 0.2) is 61.2 Å². The number of alkyl carbamates (subject to hydrolysis) is 1. The number of benzene rings is 2. The van der Waals surface area contributed by atoms with Crippen LogP contribution in [0.1, 0.15) is 36.3 Å². The minimum atomic E-state index is -1.06. The molecule has 0 spiro atoms. The van der Waals surface area contributed by atoms with Crippen molar-refractivity contribution in [1.29, 1.82) is 0 Å². The van der Waals surface area contributed by atoms with Crippen molar-refractivity contribution in [3.8, 4) is 11.1 Å². The van der Waals surface area contributed by atoms with Crippen LogP contribution < -0.4 is 5.32 Å². The predicted octanol–water partition coefficient (Wildman–Crippen LogP) is 4.33. The highest BCUT2D eigenvalue weighted by Crippen LogP contribution is 2.44. The zero-order chi connectivity index (χ0) is 19.2. The van der Waals surface area contributed by atoms with Gasteiger partial charge in [0.15, 0.2) is 0 Å². The van der Waals surface area contributed by atoms with Crippen LogP contribution in [0.5, 0.6) is 0 Å². The molecular weight excluding hydrogens is 342 g/mol. The van der Waals surface area contributed by atoms with E-state index in [0.717, 1.165) is 22.3 Å². The molecule has 27 heavy (non-hydrogen) atoms. The van der Waals surface area contributed by atoms with Gasteiger partial charge in [0.25, 0.3) is 0 Å². The number of carbonyl (C=O) groups is 2. The summed E-state index contributed by atoms with van der Waals surface area (Å²) in [5.74, 6) is -1.11. The molecule has 0 radical (unpaired) electrons. The third kappa shape index (κ3) is 4.19. The van der Waals surface area contributed by atoms with Crippen molar-refractivity contribution >= 4 is 12.1 Å². The van der Waals surface area contributed by atoms with E-state index in [9.17, 15) is 14.7 Å². The zero-order valence-corrected chi connectivity index (χ0v) is 15.1. The van der Waals surface area contributed by atoms with Crippen molar-refractivity contribution < 1.29 is 19.4 Å². The standard InChI is InChI=1S/C22H23NO4/c1-2-3-4-13-20(21(24)25)23-22(26)27-14-19-17-11-7-5-9-15(17)16-10-6-8-12-18(16)19/h2,5-12,19-20H,1,3-4,13-14H2,(H,23,26)(H,24,25). The van der Waals surface area contributed by atoms with Crippen molar-refractivity contribution in [1.82, 2.24) is 5.32 Å².